The highest BCUT2D eigenvalue weighted by atomic mass is 35.5. The molecule has 0 aliphatic rings. The minimum atomic E-state index is -0.176. The Hall–Kier alpha value is -2.31. The summed E-state index contributed by atoms with van der Waals surface area (Å²) in [5.74, 6) is -0.0228. The van der Waals surface area contributed by atoms with Gasteiger partial charge in [0, 0.05) is 17.3 Å². The summed E-state index contributed by atoms with van der Waals surface area (Å²) in [5, 5.41) is 4.57. The number of nitrogens with zero attached hydrogens (tertiary/aromatic N) is 2. The molecule has 0 radical (unpaired) electrons. The maximum atomic E-state index is 12.7. The number of benzene rings is 2. The molecule has 27 heavy (non-hydrogen) atoms. The molecule has 1 heterocycles. The van der Waals surface area contributed by atoms with Gasteiger partial charge in [0.15, 0.2) is 5.16 Å². The van der Waals surface area contributed by atoms with E-state index < -0.39 is 0 Å². The number of nitrogens with one attached hydrogen (secondary N) is 1. The number of amides is 1. The van der Waals surface area contributed by atoms with Gasteiger partial charge in [-0.3, -0.25) is 14.2 Å². The summed E-state index contributed by atoms with van der Waals surface area (Å²) in [6.07, 6.45) is 0.807. The van der Waals surface area contributed by atoms with Crippen molar-refractivity contribution in [2.75, 3.05) is 11.1 Å². The Morgan fingerprint density at radius 1 is 1.26 bits per heavy atom. The summed E-state index contributed by atoms with van der Waals surface area (Å²) >= 11 is 7.35. The molecule has 3 aromatic rings. The highest BCUT2D eigenvalue weighted by molar-refractivity contribution is 7.99. The number of anilines is 1. The van der Waals surface area contributed by atoms with E-state index in [0.717, 1.165) is 12.0 Å². The molecule has 0 saturated carbocycles. The van der Waals surface area contributed by atoms with Crippen LogP contribution in [0.25, 0.3) is 10.9 Å². The second-order valence-electron chi connectivity index (χ2n) is 6.17. The molecule has 140 valence electrons. The first-order valence-electron chi connectivity index (χ1n) is 8.68. The highest BCUT2D eigenvalue weighted by Gasteiger charge is 2.13. The van der Waals surface area contributed by atoms with Crippen LogP contribution in [-0.2, 0) is 11.3 Å². The fraction of sp³-hybridized carbons (Fsp3) is 0.250. The van der Waals surface area contributed by atoms with E-state index in [4.69, 9.17) is 11.6 Å². The van der Waals surface area contributed by atoms with Crippen molar-refractivity contribution in [3.63, 3.8) is 0 Å². The zero-order valence-electron chi connectivity index (χ0n) is 15.2. The standard InChI is InChI=1S/C20H20ClN3O2S/c1-3-10-24-19(26)15-6-4-5-7-17(15)23-20(24)27-12-18(25)22-14-9-8-13(2)16(21)11-14/h4-9,11H,3,10,12H2,1-2H3,(H,22,25). The lowest BCUT2D eigenvalue weighted by molar-refractivity contribution is -0.113. The number of hydrogen-bond donors (Lipinski definition) is 1. The van der Waals surface area contributed by atoms with Gasteiger partial charge in [-0.2, -0.15) is 0 Å². The minimum absolute atomic E-state index is 0.0734. The lowest BCUT2D eigenvalue weighted by Crippen LogP contribution is -2.24. The van der Waals surface area contributed by atoms with Gasteiger partial charge in [-0.1, -0.05) is 48.5 Å². The van der Waals surface area contributed by atoms with Crippen molar-refractivity contribution >= 4 is 45.9 Å². The van der Waals surface area contributed by atoms with E-state index in [2.05, 4.69) is 10.3 Å². The third-order valence-corrected chi connectivity index (χ3v) is 5.45. The normalized spacial score (nSPS) is 10.9. The maximum Gasteiger partial charge on any atom is 0.262 e. The van der Waals surface area contributed by atoms with Gasteiger partial charge in [0.1, 0.15) is 0 Å². The van der Waals surface area contributed by atoms with Crippen molar-refractivity contribution in [1.82, 2.24) is 9.55 Å². The Morgan fingerprint density at radius 2 is 2.04 bits per heavy atom. The van der Waals surface area contributed by atoms with Gasteiger partial charge in [-0.05, 0) is 43.2 Å². The fourth-order valence-corrected chi connectivity index (χ4v) is 3.68. The maximum absolute atomic E-state index is 12.7. The molecular weight excluding hydrogens is 382 g/mol. The molecule has 1 amide bonds. The summed E-state index contributed by atoms with van der Waals surface area (Å²) < 4.78 is 1.64. The molecule has 0 bridgehead atoms. The second-order valence-corrected chi connectivity index (χ2v) is 7.52. The quantitative estimate of drug-likeness (QED) is 0.488. The summed E-state index contributed by atoms with van der Waals surface area (Å²) in [6.45, 7) is 4.47. The topological polar surface area (TPSA) is 64.0 Å². The molecule has 0 saturated heterocycles. The molecule has 1 N–H and O–H groups in total. The first-order chi connectivity index (χ1) is 13.0. The van der Waals surface area contributed by atoms with Crippen molar-refractivity contribution < 1.29 is 4.79 Å². The Balaban J connectivity index is 1.79. The molecule has 3 rings (SSSR count). The van der Waals surface area contributed by atoms with Crippen LogP contribution >= 0.6 is 23.4 Å². The smallest absolute Gasteiger partial charge is 0.262 e. The van der Waals surface area contributed by atoms with Crippen LogP contribution in [-0.4, -0.2) is 21.2 Å². The van der Waals surface area contributed by atoms with Gasteiger partial charge < -0.3 is 5.32 Å². The second kappa shape index (κ2) is 8.59. The predicted octanol–water partition coefficient (Wildman–Crippen LogP) is 4.50. The largest absolute Gasteiger partial charge is 0.325 e. The van der Waals surface area contributed by atoms with E-state index in [0.29, 0.717) is 33.3 Å². The monoisotopic (exact) mass is 401 g/mol. The van der Waals surface area contributed by atoms with Crippen LogP contribution in [0.5, 0.6) is 0 Å². The van der Waals surface area contributed by atoms with Gasteiger partial charge >= 0.3 is 0 Å². The molecule has 0 aliphatic carbocycles. The molecule has 2 aromatic carbocycles. The molecule has 0 atom stereocenters. The van der Waals surface area contributed by atoms with Gasteiger partial charge in [-0.15, -0.1) is 0 Å². The fourth-order valence-electron chi connectivity index (χ4n) is 2.68. The van der Waals surface area contributed by atoms with Crippen LogP contribution in [0.15, 0.2) is 52.4 Å². The van der Waals surface area contributed by atoms with Gasteiger partial charge in [0.2, 0.25) is 5.91 Å². The van der Waals surface area contributed by atoms with Crippen molar-refractivity contribution in [3.05, 3.63) is 63.4 Å². The summed E-state index contributed by atoms with van der Waals surface area (Å²) in [7, 11) is 0. The summed E-state index contributed by atoms with van der Waals surface area (Å²) in [5.41, 5.74) is 2.17. The Morgan fingerprint density at radius 3 is 2.78 bits per heavy atom. The number of halogens is 1. The van der Waals surface area contributed by atoms with E-state index in [1.54, 1.807) is 16.7 Å². The third kappa shape index (κ3) is 4.51. The van der Waals surface area contributed by atoms with Crippen LogP contribution in [0.2, 0.25) is 5.02 Å². The number of para-hydroxylation sites is 1. The zero-order chi connectivity index (χ0) is 19.4. The molecule has 0 aliphatic heterocycles. The van der Waals surface area contributed by atoms with E-state index in [-0.39, 0.29) is 17.2 Å². The van der Waals surface area contributed by atoms with Gasteiger partial charge in [0.25, 0.3) is 5.56 Å². The number of hydrogen-bond acceptors (Lipinski definition) is 4. The minimum Gasteiger partial charge on any atom is -0.325 e. The van der Waals surface area contributed by atoms with Crippen LogP contribution in [0.1, 0.15) is 18.9 Å². The highest BCUT2D eigenvalue weighted by Crippen LogP contribution is 2.21. The molecular formula is C20H20ClN3O2S. The lowest BCUT2D eigenvalue weighted by atomic mass is 10.2. The first kappa shape index (κ1) is 19.5. The van der Waals surface area contributed by atoms with Crippen molar-refractivity contribution in [2.45, 2.75) is 32.0 Å². The number of carbonyl (C=O) groups is 1. The zero-order valence-corrected chi connectivity index (χ0v) is 16.7. The Kier molecular flexibility index (Phi) is 6.19. The average Bonchev–Trinajstić information content (AvgIpc) is 2.66. The van der Waals surface area contributed by atoms with E-state index in [9.17, 15) is 9.59 Å². The number of rotatable bonds is 6. The molecule has 0 spiro atoms. The van der Waals surface area contributed by atoms with Crippen LogP contribution in [0.3, 0.4) is 0 Å². The van der Waals surface area contributed by atoms with Crippen LogP contribution in [0, 0.1) is 6.92 Å². The summed E-state index contributed by atoms with van der Waals surface area (Å²) in [6, 6.07) is 12.7. The molecule has 0 fully saturated rings. The van der Waals surface area contributed by atoms with Gasteiger partial charge in [-0.25, -0.2) is 4.98 Å². The predicted molar refractivity (Wildman–Crippen MR) is 112 cm³/mol. The van der Waals surface area contributed by atoms with Crippen LogP contribution in [0.4, 0.5) is 5.69 Å². The van der Waals surface area contributed by atoms with Crippen molar-refractivity contribution in [1.29, 1.82) is 0 Å². The third-order valence-electron chi connectivity index (χ3n) is 4.06. The average molecular weight is 402 g/mol. The van der Waals surface area contributed by atoms with Crippen molar-refractivity contribution in [2.24, 2.45) is 0 Å². The number of aryl methyl sites for hydroxylation is 1. The van der Waals surface area contributed by atoms with E-state index >= 15 is 0 Å². The molecule has 5 nitrogen and oxygen atoms in total. The molecule has 1 aromatic heterocycles. The number of fused-ring (bicyclic) bond motifs is 1. The van der Waals surface area contributed by atoms with E-state index in [1.165, 1.54) is 11.8 Å². The SMILES string of the molecule is CCCn1c(SCC(=O)Nc2ccc(C)c(Cl)c2)nc2ccccc2c1=O. The number of carbonyl (C=O) groups excluding carboxylic acids is 1. The van der Waals surface area contributed by atoms with Crippen LogP contribution < -0.4 is 10.9 Å². The molecule has 7 heteroatoms. The lowest BCUT2D eigenvalue weighted by Gasteiger charge is -2.12. The number of aromatic nitrogens is 2. The first-order valence-corrected chi connectivity index (χ1v) is 10.0. The molecule has 0 unspecified atom stereocenters. The van der Waals surface area contributed by atoms with E-state index in [1.807, 2.05) is 44.2 Å². The number of thioether (sulfide) groups is 1. The van der Waals surface area contributed by atoms with Crippen molar-refractivity contribution in [3.8, 4) is 0 Å². The summed E-state index contributed by atoms with van der Waals surface area (Å²) in [4.78, 5) is 29.6. The van der Waals surface area contributed by atoms with Gasteiger partial charge in [0.05, 0.1) is 16.7 Å². The Bertz CT molecular complexity index is 1050. The Labute approximate surface area is 166 Å².